The van der Waals surface area contributed by atoms with Crippen LogP contribution in [0.25, 0.3) is 11.2 Å². The van der Waals surface area contributed by atoms with Crippen molar-refractivity contribution in [2.75, 3.05) is 12.3 Å². The Labute approximate surface area is 111 Å². The van der Waals surface area contributed by atoms with Crippen molar-refractivity contribution in [2.45, 2.75) is 38.5 Å². The number of hydrogen-bond acceptors (Lipinski definition) is 5. The summed E-state index contributed by atoms with van der Waals surface area (Å²) in [5, 5.41) is 0. The minimum atomic E-state index is 0.201. The van der Waals surface area contributed by atoms with E-state index in [2.05, 4.69) is 19.9 Å². The van der Waals surface area contributed by atoms with Gasteiger partial charge in [0.2, 0.25) is 11.8 Å². The smallest absolute Gasteiger partial charge is 0.245 e. The zero-order valence-corrected chi connectivity index (χ0v) is 10.9. The highest BCUT2D eigenvalue weighted by Crippen LogP contribution is 2.27. The Hall–Kier alpha value is -1.85. The Morgan fingerprint density at radius 2 is 2.11 bits per heavy atom. The molecule has 2 heterocycles. The fourth-order valence-corrected chi connectivity index (χ4v) is 2.73. The lowest BCUT2D eigenvalue weighted by atomic mass is 9.87. The first-order valence-electron chi connectivity index (χ1n) is 6.92. The Morgan fingerprint density at radius 3 is 2.95 bits per heavy atom. The van der Waals surface area contributed by atoms with E-state index in [0.717, 1.165) is 17.9 Å². The topological polar surface area (TPSA) is 89.7 Å². The first-order chi connectivity index (χ1) is 9.33. The number of nitrogens with two attached hydrogens (primary N) is 1. The van der Waals surface area contributed by atoms with Crippen LogP contribution in [0.5, 0.6) is 5.88 Å². The third-order valence-corrected chi connectivity index (χ3v) is 3.76. The highest BCUT2D eigenvalue weighted by molar-refractivity contribution is 5.76. The molecule has 102 valence electrons. The summed E-state index contributed by atoms with van der Waals surface area (Å²) in [6.07, 6.45) is 9.41. The van der Waals surface area contributed by atoms with Crippen LogP contribution in [0.1, 0.15) is 38.5 Å². The van der Waals surface area contributed by atoms with Gasteiger partial charge in [0.1, 0.15) is 5.52 Å². The van der Waals surface area contributed by atoms with E-state index in [1.165, 1.54) is 32.1 Å². The van der Waals surface area contributed by atoms with Gasteiger partial charge in [-0.1, -0.05) is 32.1 Å². The van der Waals surface area contributed by atoms with Gasteiger partial charge in [0.05, 0.1) is 12.9 Å². The molecule has 0 aromatic carbocycles. The Bertz CT molecular complexity index is 547. The third-order valence-electron chi connectivity index (χ3n) is 3.76. The standard InChI is InChI=1S/C13H19N5O/c14-13-17-11-10(15-8-16-11)12(18-13)19-7-6-9-4-2-1-3-5-9/h8-9H,1-7H2,(H3,14,15,16,17,18). The number of anilines is 1. The van der Waals surface area contributed by atoms with Crippen LogP contribution in [0.4, 0.5) is 5.95 Å². The number of nitrogens with zero attached hydrogens (tertiary/aromatic N) is 3. The molecule has 19 heavy (non-hydrogen) atoms. The molecule has 1 aliphatic rings. The fourth-order valence-electron chi connectivity index (χ4n) is 2.73. The molecule has 1 aliphatic carbocycles. The number of H-pyrrole nitrogens is 1. The second-order valence-corrected chi connectivity index (χ2v) is 5.13. The number of nitrogen functional groups attached to an aromatic ring is 1. The molecule has 2 aromatic rings. The quantitative estimate of drug-likeness (QED) is 0.881. The maximum absolute atomic E-state index is 5.76. The second kappa shape index (κ2) is 5.42. The second-order valence-electron chi connectivity index (χ2n) is 5.13. The first-order valence-corrected chi connectivity index (χ1v) is 6.92. The molecule has 0 amide bonds. The molecule has 1 saturated carbocycles. The third kappa shape index (κ3) is 2.77. The fraction of sp³-hybridized carbons (Fsp3) is 0.615. The lowest BCUT2D eigenvalue weighted by Gasteiger charge is -2.21. The molecule has 2 aromatic heterocycles. The molecule has 3 rings (SSSR count). The van der Waals surface area contributed by atoms with Crippen molar-refractivity contribution in [3.63, 3.8) is 0 Å². The Kier molecular flexibility index (Phi) is 3.48. The van der Waals surface area contributed by atoms with Gasteiger partial charge in [0, 0.05) is 0 Å². The van der Waals surface area contributed by atoms with Crippen LogP contribution in [0.2, 0.25) is 0 Å². The summed E-state index contributed by atoms with van der Waals surface area (Å²) in [7, 11) is 0. The summed E-state index contributed by atoms with van der Waals surface area (Å²) in [4.78, 5) is 15.2. The molecule has 0 unspecified atom stereocenters. The van der Waals surface area contributed by atoms with Gasteiger partial charge in [0.15, 0.2) is 5.65 Å². The van der Waals surface area contributed by atoms with Crippen LogP contribution in [0.3, 0.4) is 0 Å². The SMILES string of the molecule is Nc1nc(OCCC2CCCCC2)c2[nH]cnc2n1. The van der Waals surface area contributed by atoms with E-state index in [-0.39, 0.29) is 5.95 Å². The van der Waals surface area contributed by atoms with Crippen molar-refractivity contribution in [3.05, 3.63) is 6.33 Å². The number of aromatic amines is 1. The number of hydrogen-bond donors (Lipinski definition) is 2. The van der Waals surface area contributed by atoms with Crippen molar-refractivity contribution >= 4 is 17.1 Å². The summed E-state index contributed by atoms with van der Waals surface area (Å²) in [6.45, 7) is 0.676. The van der Waals surface area contributed by atoms with Crippen molar-refractivity contribution in [2.24, 2.45) is 5.92 Å². The van der Waals surface area contributed by atoms with Gasteiger partial charge in [-0.25, -0.2) is 4.98 Å². The maximum atomic E-state index is 5.76. The molecule has 0 saturated heterocycles. The number of imidazole rings is 1. The van der Waals surface area contributed by atoms with Crippen molar-refractivity contribution in [3.8, 4) is 5.88 Å². The van der Waals surface area contributed by atoms with Crippen molar-refractivity contribution in [1.29, 1.82) is 0 Å². The number of aromatic nitrogens is 4. The summed E-state index contributed by atoms with van der Waals surface area (Å²) in [6, 6.07) is 0. The summed E-state index contributed by atoms with van der Waals surface area (Å²) in [5.74, 6) is 1.51. The lowest BCUT2D eigenvalue weighted by molar-refractivity contribution is 0.242. The summed E-state index contributed by atoms with van der Waals surface area (Å²) in [5.41, 5.74) is 6.92. The van der Waals surface area contributed by atoms with Crippen LogP contribution < -0.4 is 10.5 Å². The maximum Gasteiger partial charge on any atom is 0.245 e. The molecule has 0 bridgehead atoms. The van der Waals surface area contributed by atoms with Crippen LogP contribution in [-0.4, -0.2) is 26.5 Å². The Morgan fingerprint density at radius 1 is 1.26 bits per heavy atom. The predicted octanol–water partition coefficient (Wildman–Crippen LogP) is 2.28. The van der Waals surface area contributed by atoms with E-state index in [1.54, 1.807) is 6.33 Å². The van der Waals surface area contributed by atoms with Crippen LogP contribution in [-0.2, 0) is 0 Å². The highest BCUT2D eigenvalue weighted by Gasteiger charge is 2.14. The summed E-state index contributed by atoms with van der Waals surface area (Å²) < 4.78 is 5.76. The van der Waals surface area contributed by atoms with E-state index >= 15 is 0 Å². The summed E-state index contributed by atoms with van der Waals surface area (Å²) >= 11 is 0. The predicted molar refractivity (Wildman–Crippen MR) is 72.8 cm³/mol. The Balaban J connectivity index is 1.63. The highest BCUT2D eigenvalue weighted by atomic mass is 16.5. The molecular formula is C13H19N5O. The average molecular weight is 261 g/mol. The van der Waals surface area contributed by atoms with Gasteiger partial charge >= 0.3 is 0 Å². The number of nitrogens with one attached hydrogen (secondary N) is 1. The molecule has 0 atom stereocenters. The van der Waals surface area contributed by atoms with Gasteiger partial charge in [-0.2, -0.15) is 9.97 Å². The molecule has 0 aliphatic heterocycles. The van der Waals surface area contributed by atoms with E-state index in [4.69, 9.17) is 10.5 Å². The van der Waals surface area contributed by atoms with Crippen molar-refractivity contribution in [1.82, 2.24) is 19.9 Å². The molecule has 6 nitrogen and oxygen atoms in total. The zero-order chi connectivity index (χ0) is 13.1. The number of ether oxygens (including phenoxy) is 1. The van der Waals surface area contributed by atoms with Crippen LogP contribution in [0, 0.1) is 5.92 Å². The van der Waals surface area contributed by atoms with E-state index in [1.807, 2.05) is 0 Å². The number of fused-ring (bicyclic) bond motifs is 1. The average Bonchev–Trinajstić information content (AvgIpc) is 2.88. The van der Waals surface area contributed by atoms with E-state index in [0.29, 0.717) is 18.1 Å². The monoisotopic (exact) mass is 261 g/mol. The minimum Gasteiger partial charge on any atom is -0.476 e. The molecule has 6 heteroatoms. The van der Waals surface area contributed by atoms with E-state index in [9.17, 15) is 0 Å². The van der Waals surface area contributed by atoms with Gasteiger partial charge in [0.25, 0.3) is 0 Å². The minimum absolute atomic E-state index is 0.201. The molecular weight excluding hydrogens is 242 g/mol. The van der Waals surface area contributed by atoms with Crippen LogP contribution in [0.15, 0.2) is 6.33 Å². The first kappa shape index (κ1) is 12.2. The van der Waals surface area contributed by atoms with Crippen LogP contribution >= 0.6 is 0 Å². The van der Waals surface area contributed by atoms with E-state index < -0.39 is 0 Å². The molecule has 1 fully saturated rings. The zero-order valence-electron chi connectivity index (χ0n) is 10.9. The molecule has 0 spiro atoms. The van der Waals surface area contributed by atoms with Crippen molar-refractivity contribution < 1.29 is 4.74 Å². The molecule has 3 N–H and O–H groups in total. The number of rotatable bonds is 4. The van der Waals surface area contributed by atoms with Gasteiger partial charge in [-0.05, 0) is 12.3 Å². The molecule has 0 radical (unpaired) electrons. The van der Waals surface area contributed by atoms with Gasteiger partial charge in [-0.3, -0.25) is 0 Å². The lowest BCUT2D eigenvalue weighted by Crippen LogP contribution is -2.11. The van der Waals surface area contributed by atoms with Gasteiger partial charge in [-0.15, -0.1) is 0 Å². The largest absolute Gasteiger partial charge is 0.476 e. The normalized spacial score (nSPS) is 16.8. The van der Waals surface area contributed by atoms with Gasteiger partial charge < -0.3 is 15.5 Å².